The molecular formula is C14H22ClN3O3S. The van der Waals surface area contributed by atoms with Crippen LogP contribution in [0.1, 0.15) is 6.92 Å². The molecule has 0 aromatic heterocycles. The van der Waals surface area contributed by atoms with Crippen molar-refractivity contribution in [3.63, 3.8) is 0 Å². The quantitative estimate of drug-likeness (QED) is 0.863. The maximum Gasteiger partial charge on any atom is 0.243 e. The molecule has 2 rings (SSSR count). The van der Waals surface area contributed by atoms with Crippen molar-refractivity contribution in [2.45, 2.75) is 17.9 Å². The lowest BCUT2D eigenvalue weighted by molar-refractivity contribution is -0.133. The van der Waals surface area contributed by atoms with E-state index in [4.69, 9.17) is 0 Å². The van der Waals surface area contributed by atoms with Crippen molar-refractivity contribution in [1.29, 1.82) is 0 Å². The van der Waals surface area contributed by atoms with Gasteiger partial charge in [0.05, 0.1) is 11.4 Å². The minimum absolute atomic E-state index is 0. The first-order valence-corrected chi connectivity index (χ1v) is 8.38. The zero-order valence-corrected chi connectivity index (χ0v) is 14.4. The molecule has 1 atom stereocenters. The van der Waals surface area contributed by atoms with Gasteiger partial charge in [-0.3, -0.25) is 4.79 Å². The van der Waals surface area contributed by atoms with Crippen LogP contribution in [0.15, 0.2) is 35.2 Å². The molecule has 1 N–H and O–H groups in total. The number of rotatable bonds is 4. The van der Waals surface area contributed by atoms with Crippen LogP contribution in [0.3, 0.4) is 0 Å². The molecule has 1 saturated heterocycles. The van der Waals surface area contributed by atoms with Crippen molar-refractivity contribution in [2.75, 3.05) is 33.2 Å². The largest absolute Gasteiger partial charge is 0.336 e. The van der Waals surface area contributed by atoms with E-state index in [1.165, 1.54) is 19.2 Å². The number of hydrogen-bond acceptors (Lipinski definition) is 4. The molecule has 6 nitrogen and oxygen atoms in total. The fraction of sp³-hybridized carbons (Fsp3) is 0.500. The molecule has 22 heavy (non-hydrogen) atoms. The van der Waals surface area contributed by atoms with Crippen molar-refractivity contribution >= 4 is 28.3 Å². The SMILES string of the molecule is C[C@@H]1CNCCN1C(=O)CN(C)S(=O)(=O)c1ccccc1.Cl. The van der Waals surface area contributed by atoms with Crippen molar-refractivity contribution in [2.24, 2.45) is 0 Å². The molecule has 0 radical (unpaired) electrons. The Morgan fingerprint density at radius 2 is 2.00 bits per heavy atom. The van der Waals surface area contributed by atoms with Crippen molar-refractivity contribution in [3.8, 4) is 0 Å². The summed E-state index contributed by atoms with van der Waals surface area (Å²) < 4.78 is 25.9. The molecule has 8 heteroatoms. The summed E-state index contributed by atoms with van der Waals surface area (Å²) in [5.41, 5.74) is 0. The Bertz CT molecular complexity index is 595. The van der Waals surface area contributed by atoms with Crippen molar-refractivity contribution in [3.05, 3.63) is 30.3 Å². The van der Waals surface area contributed by atoms with Gasteiger partial charge in [-0.05, 0) is 19.1 Å². The van der Waals surface area contributed by atoms with Gasteiger partial charge in [0.1, 0.15) is 0 Å². The number of halogens is 1. The first-order valence-electron chi connectivity index (χ1n) is 6.94. The first-order chi connectivity index (χ1) is 9.93. The molecular weight excluding hydrogens is 326 g/mol. The molecule has 1 aromatic carbocycles. The van der Waals surface area contributed by atoms with Crippen molar-refractivity contribution in [1.82, 2.24) is 14.5 Å². The number of sulfonamides is 1. The second-order valence-corrected chi connectivity index (χ2v) is 7.26. The Hall–Kier alpha value is -1.15. The zero-order valence-electron chi connectivity index (χ0n) is 12.7. The molecule has 1 amide bonds. The van der Waals surface area contributed by atoms with E-state index in [1.807, 2.05) is 6.92 Å². The van der Waals surface area contributed by atoms with E-state index >= 15 is 0 Å². The molecule has 1 aromatic rings. The third-order valence-electron chi connectivity index (χ3n) is 3.63. The average Bonchev–Trinajstić information content (AvgIpc) is 2.48. The van der Waals surface area contributed by atoms with Gasteiger partial charge in [-0.15, -0.1) is 12.4 Å². The summed E-state index contributed by atoms with van der Waals surface area (Å²) in [5, 5.41) is 3.20. The van der Waals surface area contributed by atoms with Gasteiger partial charge in [0.15, 0.2) is 0 Å². The molecule has 0 unspecified atom stereocenters. The fourth-order valence-corrected chi connectivity index (χ4v) is 3.49. The monoisotopic (exact) mass is 347 g/mol. The van der Waals surface area contributed by atoms with Crippen molar-refractivity contribution < 1.29 is 13.2 Å². The maximum atomic E-state index is 12.4. The van der Waals surface area contributed by atoms with E-state index in [0.717, 1.165) is 17.4 Å². The Morgan fingerprint density at radius 3 is 2.59 bits per heavy atom. The minimum Gasteiger partial charge on any atom is -0.336 e. The predicted octanol–water partition coefficient (Wildman–Crippen LogP) is 0.549. The molecule has 124 valence electrons. The highest BCUT2D eigenvalue weighted by Gasteiger charge is 2.28. The Kier molecular flexibility index (Phi) is 6.80. The number of benzene rings is 1. The number of piperazine rings is 1. The van der Waals surface area contributed by atoms with E-state index in [1.54, 1.807) is 23.1 Å². The van der Waals surface area contributed by atoms with Gasteiger partial charge < -0.3 is 10.2 Å². The van der Waals surface area contributed by atoms with Gasteiger partial charge in [0, 0.05) is 32.7 Å². The van der Waals surface area contributed by atoms with Crippen LogP contribution in [0.5, 0.6) is 0 Å². The Balaban J connectivity index is 0.00000242. The topological polar surface area (TPSA) is 69.7 Å². The molecule has 0 spiro atoms. The maximum absolute atomic E-state index is 12.4. The summed E-state index contributed by atoms with van der Waals surface area (Å²) in [4.78, 5) is 14.2. The summed E-state index contributed by atoms with van der Waals surface area (Å²) in [7, 11) is -2.18. The van der Waals surface area contributed by atoms with Gasteiger partial charge in [0.2, 0.25) is 15.9 Å². The molecule has 1 aliphatic rings. The lowest BCUT2D eigenvalue weighted by Crippen LogP contribution is -2.54. The van der Waals surface area contributed by atoms with Gasteiger partial charge in [0.25, 0.3) is 0 Å². The summed E-state index contributed by atoms with van der Waals surface area (Å²) >= 11 is 0. The number of nitrogens with zero attached hydrogens (tertiary/aromatic N) is 2. The number of likely N-dealkylation sites (N-methyl/N-ethyl adjacent to an activating group) is 1. The second-order valence-electron chi connectivity index (χ2n) is 5.21. The summed E-state index contributed by atoms with van der Waals surface area (Å²) in [6, 6.07) is 8.24. The Labute approximate surface area is 137 Å². The average molecular weight is 348 g/mol. The van der Waals surface area contributed by atoms with Gasteiger partial charge >= 0.3 is 0 Å². The Morgan fingerprint density at radius 1 is 1.36 bits per heavy atom. The molecule has 0 aliphatic carbocycles. The number of hydrogen-bond donors (Lipinski definition) is 1. The molecule has 1 heterocycles. The number of nitrogens with one attached hydrogen (secondary N) is 1. The molecule has 0 saturated carbocycles. The molecule has 1 fully saturated rings. The predicted molar refractivity (Wildman–Crippen MR) is 87.6 cm³/mol. The number of carbonyl (C=O) groups is 1. The standard InChI is InChI=1S/C14H21N3O3S.ClH/c1-12-10-15-8-9-17(12)14(18)11-16(2)21(19,20)13-6-4-3-5-7-13;/h3-7,12,15H,8-11H2,1-2H3;1H/t12-;/m1./s1. The zero-order chi connectivity index (χ0) is 15.5. The van der Waals surface area contributed by atoms with E-state index < -0.39 is 10.0 Å². The first kappa shape index (κ1) is 18.9. The summed E-state index contributed by atoms with van der Waals surface area (Å²) in [5.74, 6) is -0.161. The van der Waals surface area contributed by atoms with Crippen LogP contribution in [-0.2, 0) is 14.8 Å². The lowest BCUT2D eigenvalue weighted by atomic mass is 10.2. The lowest BCUT2D eigenvalue weighted by Gasteiger charge is -2.34. The van der Waals surface area contributed by atoms with Crippen LogP contribution in [0, 0.1) is 0 Å². The number of amides is 1. The highest BCUT2D eigenvalue weighted by Crippen LogP contribution is 2.14. The third kappa shape index (κ3) is 4.19. The minimum atomic E-state index is -3.62. The van der Waals surface area contributed by atoms with Gasteiger partial charge in [-0.2, -0.15) is 4.31 Å². The molecule has 1 aliphatic heterocycles. The van der Waals surface area contributed by atoms with Crippen LogP contribution in [0.2, 0.25) is 0 Å². The van der Waals surface area contributed by atoms with Crippen LogP contribution in [-0.4, -0.2) is 62.8 Å². The number of carbonyl (C=O) groups excluding carboxylic acids is 1. The molecule has 0 bridgehead atoms. The van der Waals surface area contributed by atoms with Crippen LogP contribution in [0.4, 0.5) is 0 Å². The van der Waals surface area contributed by atoms with Gasteiger partial charge in [-0.25, -0.2) is 8.42 Å². The normalized spacial score (nSPS) is 18.9. The second kappa shape index (κ2) is 7.92. The van der Waals surface area contributed by atoms with Crippen LogP contribution >= 0.6 is 12.4 Å². The highest BCUT2D eigenvalue weighted by atomic mass is 35.5. The van der Waals surface area contributed by atoms with E-state index in [9.17, 15) is 13.2 Å². The van der Waals surface area contributed by atoms with E-state index in [0.29, 0.717) is 6.54 Å². The summed E-state index contributed by atoms with van der Waals surface area (Å²) in [6.45, 7) is 3.91. The van der Waals surface area contributed by atoms with Crippen LogP contribution in [0.25, 0.3) is 0 Å². The summed E-state index contributed by atoms with van der Waals surface area (Å²) in [6.07, 6.45) is 0. The third-order valence-corrected chi connectivity index (χ3v) is 5.45. The highest BCUT2D eigenvalue weighted by molar-refractivity contribution is 7.89. The van der Waals surface area contributed by atoms with Crippen LogP contribution < -0.4 is 5.32 Å². The van der Waals surface area contributed by atoms with E-state index in [2.05, 4.69) is 5.32 Å². The smallest absolute Gasteiger partial charge is 0.243 e. The fourth-order valence-electron chi connectivity index (χ4n) is 2.35. The van der Waals surface area contributed by atoms with E-state index in [-0.39, 0.29) is 35.8 Å². The van der Waals surface area contributed by atoms with Gasteiger partial charge in [-0.1, -0.05) is 18.2 Å².